The van der Waals surface area contributed by atoms with Gasteiger partial charge in [-0.05, 0) is 31.5 Å². The van der Waals surface area contributed by atoms with Crippen molar-refractivity contribution in [3.63, 3.8) is 0 Å². The van der Waals surface area contributed by atoms with Crippen molar-refractivity contribution in [3.05, 3.63) is 68.8 Å². The first-order valence-electron chi connectivity index (χ1n) is 8.62. The molecule has 0 aromatic heterocycles. The van der Waals surface area contributed by atoms with Gasteiger partial charge in [-0.3, -0.25) is 14.9 Å². The quantitative estimate of drug-likeness (QED) is 0.232. The molecule has 0 bridgehead atoms. The fourth-order valence-corrected chi connectivity index (χ4v) is 2.67. The first kappa shape index (κ1) is 21.0. The lowest BCUT2D eigenvalue weighted by Crippen LogP contribution is -2.16. The maximum atomic E-state index is 12.3. The Morgan fingerprint density at radius 2 is 1.89 bits per heavy atom. The lowest BCUT2D eigenvalue weighted by Gasteiger charge is -2.09. The summed E-state index contributed by atoms with van der Waals surface area (Å²) in [6.45, 7) is 4.04. The first-order valence-corrected chi connectivity index (χ1v) is 8.62. The Kier molecular flexibility index (Phi) is 7.22. The van der Waals surface area contributed by atoms with Gasteiger partial charge in [-0.25, -0.2) is 4.79 Å². The van der Waals surface area contributed by atoms with Gasteiger partial charge in [0.1, 0.15) is 5.69 Å². The highest BCUT2D eigenvalue weighted by Gasteiger charge is 2.19. The van der Waals surface area contributed by atoms with Crippen molar-refractivity contribution < 1.29 is 24.0 Å². The second kappa shape index (κ2) is 9.61. The predicted molar refractivity (Wildman–Crippen MR) is 104 cm³/mol. The molecule has 0 spiro atoms. The summed E-state index contributed by atoms with van der Waals surface area (Å²) >= 11 is 0. The first-order chi connectivity index (χ1) is 13.3. The number of rotatable bonds is 9. The lowest BCUT2D eigenvalue weighted by atomic mass is 10.0. The van der Waals surface area contributed by atoms with Crippen LogP contribution in [0.25, 0.3) is 0 Å². The molecule has 2 aromatic rings. The number of nitro groups is 1. The van der Waals surface area contributed by atoms with E-state index in [1.807, 2.05) is 13.0 Å². The van der Waals surface area contributed by atoms with Gasteiger partial charge in [-0.1, -0.05) is 23.8 Å². The van der Waals surface area contributed by atoms with Crippen LogP contribution in [-0.2, 0) is 9.47 Å². The average Bonchev–Trinajstić information content (AvgIpc) is 2.66. The van der Waals surface area contributed by atoms with E-state index >= 15 is 0 Å². The minimum atomic E-state index is -0.801. The van der Waals surface area contributed by atoms with E-state index in [2.05, 4.69) is 5.32 Å². The van der Waals surface area contributed by atoms with Crippen molar-refractivity contribution in [1.82, 2.24) is 0 Å². The summed E-state index contributed by atoms with van der Waals surface area (Å²) < 4.78 is 9.94. The van der Waals surface area contributed by atoms with E-state index in [9.17, 15) is 19.7 Å². The summed E-state index contributed by atoms with van der Waals surface area (Å²) in [5.74, 6) is -1.14. The number of nitro benzene ring substituents is 1. The third-order valence-electron chi connectivity index (χ3n) is 4.07. The fourth-order valence-electron chi connectivity index (χ4n) is 2.67. The molecule has 2 aromatic carbocycles. The molecule has 0 aliphatic heterocycles. The molecule has 28 heavy (non-hydrogen) atoms. The molecule has 2 rings (SSSR count). The highest BCUT2D eigenvalue weighted by molar-refractivity contribution is 6.00. The van der Waals surface area contributed by atoms with Crippen LogP contribution in [0, 0.1) is 24.0 Å². The third kappa shape index (κ3) is 5.37. The largest absolute Gasteiger partial charge is 0.454 e. The zero-order valence-corrected chi connectivity index (χ0v) is 16.0. The molecule has 0 saturated heterocycles. The van der Waals surface area contributed by atoms with Gasteiger partial charge in [0.2, 0.25) is 5.78 Å². The number of hydrogen-bond acceptors (Lipinski definition) is 7. The van der Waals surface area contributed by atoms with Gasteiger partial charge in [0.05, 0.1) is 17.1 Å². The Bertz CT molecular complexity index is 894. The van der Waals surface area contributed by atoms with Crippen molar-refractivity contribution in [3.8, 4) is 0 Å². The summed E-state index contributed by atoms with van der Waals surface area (Å²) in [6, 6.07) is 9.32. The van der Waals surface area contributed by atoms with Gasteiger partial charge in [0.25, 0.3) is 5.69 Å². The normalized spacial score (nSPS) is 10.4. The van der Waals surface area contributed by atoms with E-state index in [4.69, 9.17) is 9.47 Å². The number of carbonyl (C=O) groups excluding carboxylic acids is 2. The molecule has 0 aliphatic carbocycles. The maximum absolute atomic E-state index is 12.3. The van der Waals surface area contributed by atoms with Crippen molar-refractivity contribution >= 4 is 23.1 Å². The van der Waals surface area contributed by atoms with Gasteiger partial charge >= 0.3 is 5.97 Å². The molecule has 8 nitrogen and oxygen atoms in total. The van der Waals surface area contributed by atoms with E-state index in [0.717, 1.165) is 17.2 Å². The summed E-state index contributed by atoms with van der Waals surface area (Å²) in [5.41, 5.74) is 2.30. The van der Waals surface area contributed by atoms with Crippen LogP contribution in [0.4, 0.5) is 11.4 Å². The zero-order chi connectivity index (χ0) is 20.7. The van der Waals surface area contributed by atoms with Gasteiger partial charge in [0.15, 0.2) is 6.61 Å². The molecule has 0 heterocycles. The topological polar surface area (TPSA) is 108 Å². The summed E-state index contributed by atoms with van der Waals surface area (Å²) in [5, 5.41) is 14.1. The molecule has 148 valence electrons. The molecule has 0 aliphatic rings. The third-order valence-corrected chi connectivity index (χ3v) is 4.07. The molecule has 8 heteroatoms. The Balaban J connectivity index is 2.08. The number of esters is 1. The minimum Gasteiger partial charge on any atom is -0.454 e. The molecule has 0 amide bonds. The second-order valence-corrected chi connectivity index (χ2v) is 6.23. The Hall–Kier alpha value is -3.26. The fraction of sp³-hybridized carbons (Fsp3) is 0.300. The van der Waals surface area contributed by atoms with Gasteiger partial charge in [0, 0.05) is 25.3 Å². The minimum absolute atomic E-state index is 0.00239. The van der Waals surface area contributed by atoms with E-state index in [-0.39, 0.29) is 22.7 Å². The van der Waals surface area contributed by atoms with E-state index in [1.165, 1.54) is 19.2 Å². The Morgan fingerprint density at radius 3 is 2.54 bits per heavy atom. The van der Waals surface area contributed by atoms with Crippen LogP contribution in [0.3, 0.4) is 0 Å². The van der Waals surface area contributed by atoms with Crippen LogP contribution in [0.5, 0.6) is 0 Å². The molecular weight excluding hydrogens is 364 g/mol. The van der Waals surface area contributed by atoms with Crippen molar-refractivity contribution in [1.29, 1.82) is 0 Å². The summed E-state index contributed by atoms with van der Waals surface area (Å²) in [4.78, 5) is 35.2. The zero-order valence-electron chi connectivity index (χ0n) is 16.0. The molecule has 1 N–H and O–H groups in total. The number of benzene rings is 2. The Labute approximate surface area is 162 Å². The number of anilines is 1. The molecule has 0 fully saturated rings. The number of carbonyl (C=O) groups is 2. The average molecular weight is 386 g/mol. The second-order valence-electron chi connectivity index (χ2n) is 6.23. The van der Waals surface area contributed by atoms with E-state index < -0.39 is 17.5 Å². The van der Waals surface area contributed by atoms with Gasteiger partial charge < -0.3 is 14.8 Å². The Morgan fingerprint density at radius 1 is 1.14 bits per heavy atom. The number of ketones is 1. The van der Waals surface area contributed by atoms with Crippen LogP contribution in [0.1, 0.15) is 31.8 Å². The standard InChI is InChI=1S/C20H22N2O6/c1-13-4-6-16(14(2)10-13)19(23)12-28-20(24)15-5-7-17(21-8-9-27-3)18(11-15)22(25)26/h4-7,10-11,21H,8-9,12H2,1-3H3. The van der Waals surface area contributed by atoms with Crippen molar-refractivity contribution in [2.24, 2.45) is 0 Å². The van der Waals surface area contributed by atoms with Crippen LogP contribution < -0.4 is 5.32 Å². The van der Waals surface area contributed by atoms with E-state index in [1.54, 1.807) is 19.1 Å². The van der Waals surface area contributed by atoms with Crippen LogP contribution >= 0.6 is 0 Å². The van der Waals surface area contributed by atoms with Crippen molar-refractivity contribution in [2.45, 2.75) is 13.8 Å². The molecule has 0 atom stereocenters. The number of ether oxygens (including phenoxy) is 2. The lowest BCUT2D eigenvalue weighted by molar-refractivity contribution is -0.384. The molecule has 0 unspecified atom stereocenters. The van der Waals surface area contributed by atoms with Gasteiger partial charge in [-0.15, -0.1) is 0 Å². The van der Waals surface area contributed by atoms with Crippen LogP contribution in [0.15, 0.2) is 36.4 Å². The number of nitrogens with zero attached hydrogens (tertiary/aromatic N) is 1. The molecular formula is C20H22N2O6. The SMILES string of the molecule is COCCNc1ccc(C(=O)OCC(=O)c2ccc(C)cc2C)cc1[N+](=O)[O-]. The number of methoxy groups -OCH3 is 1. The van der Waals surface area contributed by atoms with E-state index in [0.29, 0.717) is 18.7 Å². The molecule has 0 radical (unpaired) electrons. The van der Waals surface area contributed by atoms with Crippen LogP contribution in [-0.4, -0.2) is 43.5 Å². The van der Waals surface area contributed by atoms with Gasteiger partial charge in [-0.2, -0.15) is 0 Å². The van der Waals surface area contributed by atoms with Crippen LogP contribution in [0.2, 0.25) is 0 Å². The number of Topliss-reactive ketones (excluding diaryl/α,β-unsaturated/α-hetero) is 1. The highest BCUT2D eigenvalue weighted by atomic mass is 16.6. The maximum Gasteiger partial charge on any atom is 0.338 e. The highest BCUT2D eigenvalue weighted by Crippen LogP contribution is 2.26. The number of nitrogens with one attached hydrogen (secondary N) is 1. The molecule has 0 saturated carbocycles. The monoisotopic (exact) mass is 386 g/mol. The smallest absolute Gasteiger partial charge is 0.338 e. The predicted octanol–water partition coefficient (Wildman–Crippen LogP) is 3.31. The summed E-state index contributed by atoms with van der Waals surface area (Å²) in [7, 11) is 1.52. The summed E-state index contributed by atoms with van der Waals surface area (Å²) in [6.07, 6.45) is 0. The van der Waals surface area contributed by atoms with Crippen molar-refractivity contribution in [2.75, 3.05) is 32.2 Å². The number of hydrogen-bond donors (Lipinski definition) is 1. The number of aryl methyl sites for hydroxylation is 2.